The van der Waals surface area contributed by atoms with Crippen LogP contribution in [0.15, 0.2) is 24.3 Å². The van der Waals surface area contributed by atoms with Gasteiger partial charge in [-0.25, -0.2) is 4.68 Å². The topological polar surface area (TPSA) is 74.5 Å². The minimum absolute atomic E-state index is 0.0233. The highest BCUT2D eigenvalue weighted by atomic mass is 16.3. The van der Waals surface area contributed by atoms with Gasteiger partial charge in [0.2, 0.25) is 5.95 Å². The molecule has 3 rings (SSSR count). The van der Waals surface area contributed by atoms with Crippen LogP contribution in [-0.4, -0.2) is 64.0 Å². The molecule has 1 N–H and O–H groups in total. The van der Waals surface area contributed by atoms with Crippen LogP contribution >= 0.6 is 0 Å². The Morgan fingerprint density at radius 3 is 2.60 bits per heavy atom. The van der Waals surface area contributed by atoms with Crippen molar-refractivity contribution in [1.29, 1.82) is 0 Å². The Bertz CT molecular complexity index is 738. The third kappa shape index (κ3) is 3.37. The van der Waals surface area contributed by atoms with Crippen molar-refractivity contribution in [2.24, 2.45) is 0 Å². The predicted molar refractivity (Wildman–Crippen MR) is 96.6 cm³/mol. The standard InChI is InChI=1S/C18H25N5O2/c1-4-23-18(21(2)3)19-16(20-23)13-7-9-14(10-8-13)17(25)22-11-5-6-15(22)12-24/h7-10,15,24H,4-6,11-12H2,1-3H3. The molecule has 1 saturated heterocycles. The molecule has 1 aliphatic rings. The third-order valence-corrected chi connectivity index (χ3v) is 4.59. The highest BCUT2D eigenvalue weighted by molar-refractivity contribution is 5.95. The van der Waals surface area contributed by atoms with Gasteiger partial charge < -0.3 is 14.9 Å². The summed E-state index contributed by atoms with van der Waals surface area (Å²) in [5.41, 5.74) is 1.51. The van der Waals surface area contributed by atoms with Crippen LogP contribution in [0.2, 0.25) is 0 Å². The maximum absolute atomic E-state index is 12.6. The van der Waals surface area contributed by atoms with Gasteiger partial charge in [0.1, 0.15) is 0 Å². The summed E-state index contributed by atoms with van der Waals surface area (Å²) in [6, 6.07) is 7.33. The molecule has 1 aliphatic heterocycles. The first kappa shape index (κ1) is 17.4. The second kappa shape index (κ2) is 7.23. The van der Waals surface area contributed by atoms with E-state index in [0.717, 1.165) is 30.9 Å². The van der Waals surface area contributed by atoms with Crippen LogP contribution < -0.4 is 4.90 Å². The number of aliphatic hydroxyl groups is 1. The van der Waals surface area contributed by atoms with Crippen LogP contribution in [0.1, 0.15) is 30.1 Å². The van der Waals surface area contributed by atoms with Crippen LogP contribution in [-0.2, 0) is 6.54 Å². The van der Waals surface area contributed by atoms with E-state index in [0.29, 0.717) is 17.9 Å². The molecule has 1 aromatic carbocycles. The van der Waals surface area contributed by atoms with Crippen molar-refractivity contribution in [2.45, 2.75) is 32.4 Å². The number of aryl methyl sites for hydroxylation is 1. The largest absolute Gasteiger partial charge is 0.394 e. The van der Waals surface area contributed by atoms with Crippen molar-refractivity contribution in [3.05, 3.63) is 29.8 Å². The lowest BCUT2D eigenvalue weighted by molar-refractivity contribution is 0.0677. The Kier molecular flexibility index (Phi) is 5.03. The number of hydrogen-bond donors (Lipinski definition) is 1. The zero-order chi connectivity index (χ0) is 18.0. The molecule has 1 atom stereocenters. The third-order valence-electron chi connectivity index (χ3n) is 4.59. The number of likely N-dealkylation sites (tertiary alicyclic amines) is 1. The Balaban J connectivity index is 1.82. The minimum atomic E-state index is -0.0586. The number of benzene rings is 1. The zero-order valence-corrected chi connectivity index (χ0v) is 15.0. The number of nitrogens with zero attached hydrogens (tertiary/aromatic N) is 5. The van der Waals surface area contributed by atoms with E-state index >= 15 is 0 Å². The first-order valence-corrected chi connectivity index (χ1v) is 8.69. The number of amides is 1. The molecule has 2 aromatic rings. The molecule has 0 aliphatic carbocycles. The van der Waals surface area contributed by atoms with Crippen molar-refractivity contribution in [3.8, 4) is 11.4 Å². The van der Waals surface area contributed by atoms with E-state index in [1.165, 1.54) is 0 Å². The predicted octanol–water partition coefficient (Wildman–Crippen LogP) is 1.63. The van der Waals surface area contributed by atoms with Crippen molar-refractivity contribution in [1.82, 2.24) is 19.7 Å². The quantitative estimate of drug-likeness (QED) is 0.893. The summed E-state index contributed by atoms with van der Waals surface area (Å²) in [5.74, 6) is 1.43. The molecule has 1 aromatic heterocycles. The summed E-state index contributed by atoms with van der Waals surface area (Å²) in [5, 5.41) is 13.9. The van der Waals surface area contributed by atoms with Gasteiger partial charge in [0.25, 0.3) is 5.91 Å². The van der Waals surface area contributed by atoms with E-state index in [2.05, 4.69) is 10.1 Å². The summed E-state index contributed by atoms with van der Waals surface area (Å²) < 4.78 is 1.85. The van der Waals surface area contributed by atoms with Crippen LogP contribution in [0, 0.1) is 0 Å². The molecule has 25 heavy (non-hydrogen) atoms. The van der Waals surface area contributed by atoms with Crippen LogP contribution in [0.3, 0.4) is 0 Å². The summed E-state index contributed by atoms with van der Waals surface area (Å²) >= 11 is 0. The Morgan fingerprint density at radius 1 is 1.32 bits per heavy atom. The maximum Gasteiger partial charge on any atom is 0.254 e. The fourth-order valence-corrected chi connectivity index (χ4v) is 3.22. The Labute approximate surface area is 147 Å². The van der Waals surface area contributed by atoms with Gasteiger partial charge >= 0.3 is 0 Å². The monoisotopic (exact) mass is 343 g/mol. The molecule has 0 spiro atoms. The second-order valence-electron chi connectivity index (χ2n) is 6.50. The number of hydrogen-bond acceptors (Lipinski definition) is 5. The van der Waals surface area contributed by atoms with Crippen molar-refractivity contribution < 1.29 is 9.90 Å². The molecule has 2 heterocycles. The molecule has 1 fully saturated rings. The zero-order valence-electron chi connectivity index (χ0n) is 15.0. The summed E-state index contributed by atoms with van der Waals surface area (Å²) in [6.45, 7) is 3.51. The smallest absolute Gasteiger partial charge is 0.254 e. The Hall–Kier alpha value is -2.41. The summed E-state index contributed by atoms with van der Waals surface area (Å²) in [4.78, 5) is 20.9. The van der Waals surface area contributed by atoms with Crippen LogP contribution in [0.4, 0.5) is 5.95 Å². The van der Waals surface area contributed by atoms with Gasteiger partial charge in [-0.1, -0.05) is 12.1 Å². The van der Waals surface area contributed by atoms with Crippen molar-refractivity contribution in [3.63, 3.8) is 0 Å². The SMILES string of the molecule is CCn1nc(-c2ccc(C(=O)N3CCCC3CO)cc2)nc1N(C)C. The van der Waals surface area contributed by atoms with Crippen LogP contribution in [0.25, 0.3) is 11.4 Å². The highest BCUT2D eigenvalue weighted by Gasteiger charge is 2.28. The number of carbonyl (C=O) groups is 1. The number of rotatable bonds is 5. The van der Waals surface area contributed by atoms with Gasteiger partial charge in [0.15, 0.2) is 5.82 Å². The van der Waals surface area contributed by atoms with E-state index in [1.807, 2.05) is 54.9 Å². The number of anilines is 1. The van der Waals surface area contributed by atoms with Gasteiger partial charge in [-0.2, -0.15) is 4.98 Å². The normalized spacial score (nSPS) is 17.1. The first-order chi connectivity index (χ1) is 12.0. The maximum atomic E-state index is 12.6. The minimum Gasteiger partial charge on any atom is -0.394 e. The number of aliphatic hydroxyl groups excluding tert-OH is 1. The molecule has 0 bridgehead atoms. The molecular weight excluding hydrogens is 318 g/mol. The summed E-state index contributed by atoms with van der Waals surface area (Å²) in [6.07, 6.45) is 1.81. The first-order valence-electron chi connectivity index (χ1n) is 8.69. The number of carbonyl (C=O) groups excluding carboxylic acids is 1. The molecule has 7 heteroatoms. The van der Waals surface area contributed by atoms with E-state index in [1.54, 1.807) is 4.90 Å². The van der Waals surface area contributed by atoms with Gasteiger partial charge in [0, 0.05) is 38.3 Å². The van der Waals surface area contributed by atoms with Crippen molar-refractivity contribution >= 4 is 11.9 Å². The molecule has 0 radical (unpaired) electrons. The lowest BCUT2D eigenvalue weighted by Gasteiger charge is -2.23. The van der Waals surface area contributed by atoms with E-state index in [9.17, 15) is 9.90 Å². The van der Waals surface area contributed by atoms with E-state index < -0.39 is 0 Å². The lowest BCUT2D eigenvalue weighted by atomic mass is 10.1. The molecular formula is C18H25N5O2. The van der Waals surface area contributed by atoms with Gasteiger partial charge in [-0.15, -0.1) is 5.10 Å². The average Bonchev–Trinajstić information content (AvgIpc) is 3.27. The highest BCUT2D eigenvalue weighted by Crippen LogP contribution is 2.23. The van der Waals surface area contributed by atoms with Crippen LogP contribution in [0.5, 0.6) is 0 Å². The van der Waals surface area contributed by atoms with E-state index in [4.69, 9.17) is 0 Å². The summed E-state index contributed by atoms with van der Waals surface area (Å²) in [7, 11) is 3.88. The number of aromatic nitrogens is 3. The van der Waals surface area contributed by atoms with Crippen molar-refractivity contribution in [2.75, 3.05) is 32.1 Å². The lowest BCUT2D eigenvalue weighted by Crippen LogP contribution is -2.37. The van der Waals surface area contributed by atoms with Gasteiger partial charge in [-0.3, -0.25) is 4.79 Å². The molecule has 1 unspecified atom stereocenters. The van der Waals surface area contributed by atoms with E-state index in [-0.39, 0.29) is 18.6 Å². The molecule has 1 amide bonds. The molecule has 0 saturated carbocycles. The van der Waals surface area contributed by atoms with Gasteiger partial charge in [0.05, 0.1) is 12.6 Å². The average molecular weight is 343 g/mol. The molecule has 7 nitrogen and oxygen atoms in total. The fraction of sp³-hybridized carbons (Fsp3) is 0.500. The Morgan fingerprint density at radius 2 is 2.04 bits per heavy atom. The van der Waals surface area contributed by atoms with Gasteiger partial charge in [-0.05, 0) is 31.9 Å². The molecule has 134 valence electrons. The fourth-order valence-electron chi connectivity index (χ4n) is 3.22. The second-order valence-corrected chi connectivity index (χ2v) is 6.50.